The van der Waals surface area contributed by atoms with Gasteiger partial charge in [0, 0.05) is 34.4 Å². The quantitative estimate of drug-likeness (QED) is 0.174. The van der Waals surface area contributed by atoms with E-state index in [9.17, 15) is 34.8 Å². The number of benzene rings is 2. The summed E-state index contributed by atoms with van der Waals surface area (Å²) in [5.41, 5.74) is 1.86. The van der Waals surface area contributed by atoms with E-state index in [2.05, 4.69) is 12.2 Å². The Bertz CT molecular complexity index is 1610. The third-order valence-corrected chi connectivity index (χ3v) is 9.48. The van der Waals surface area contributed by atoms with Gasteiger partial charge in [0.2, 0.25) is 5.78 Å². The first-order chi connectivity index (χ1) is 20.9. The van der Waals surface area contributed by atoms with Crippen LogP contribution in [0.5, 0.6) is 5.75 Å². The van der Waals surface area contributed by atoms with Crippen LogP contribution in [-0.4, -0.2) is 75.1 Å². The molecule has 0 spiro atoms. The van der Waals surface area contributed by atoms with Crippen LogP contribution in [0.4, 0.5) is 4.39 Å². The molecule has 0 fully saturated rings. The number of unbranched alkanes of at least 4 members (excludes halogenated alkanes) is 4. The Morgan fingerprint density at radius 2 is 1.82 bits per heavy atom. The van der Waals surface area contributed by atoms with E-state index in [0.717, 1.165) is 24.9 Å². The van der Waals surface area contributed by atoms with Crippen molar-refractivity contribution in [2.24, 2.45) is 17.6 Å². The normalized spacial score (nSPS) is 25.0. The van der Waals surface area contributed by atoms with Crippen LogP contribution < -0.4 is 11.1 Å². The molecule has 0 aliphatic heterocycles. The number of likely N-dealkylation sites (N-methyl/N-ethyl adjacent to an activating group) is 1. The molecule has 5 rings (SSSR count). The van der Waals surface area contributed by atoms with Gasteiger partial charge in [-0.25, -0.2) is 4.39 Å². The van der Waals surface area contributed by atoms with Gasteiger partial charge >= 0.3 is 0 Å². The maximum atomic E-state index is 16.1. The molecular formula is C33H40FN3O7. The van der Waals surface area contributed by atoms with Crippen LogP contribution in [-0.2, 0) is 22.6 Å². The number of Topliss-reactive ketones (excluding diaryl/α,β-unsaturated/α-hetero) is 2. The van der Waals surface area contributed by atoms with Crippen LogP contribution in [0.25, 0.3) is 10.8 Å². The molecule has 1 amide bonds. The largest absolute Gasteiger partial charge is 0.510 e. The number of allylic oxidation sites excluding steroid dienone is 1. The molecule has 11 heteroatoms. The number of halogens is 1. The van der Waals surface area contributed by atoms with Crippen LogP contribution in [0, 0.1) is 17.7 Å². The Morgan fingerprint density at radius 3 is 2.48 bits per heavy atom. The monoisotopic (exact) mass is 609 g/mol. The van der Waals surface area contributed by atoms with Gasteiger partial charge in [0.05, 0.1) is 11.6 Å². The Labute approximate surface area is 255 Å². The molecule has 0 aromatic heterocycles. The zero-order valence-corrected chi connectivity index (χ0v) is 25.2. The summed E-state index contributed by atoms with van der Waals surface area (Å²) in [5.74, 6) is -8.29. The number of ketones is 2. The van der Waals surface area contributed by atoms with E-state index in [-0.39, 0.29) is 40.3 Å². The van der Waals surface area contributed by atoms with Crippen molar-refractivity contribution in [2.75, 3.05) is 20.6 Å². The highest BCUT2D eigenvalue weighted by Gasteiger charge is 2.63. The van der Waals surface area contributed by atoms with Gasteiger partial charge in [0.25, 0.3) is 5.91 Å². The van der Waals surface area contributed by atoms with Crippen molar-refractivity contribution >= 4 is 28.2 Å². The van der Waals surface area contributed by atoms with E-state index in [1.54, 1.807) is 32.3 Å². The zero-order chi connectivity index (χ0) is 32.1. The number of primary amides is 1. The predicted molar refractivity (Wildman–Crippen MR) is 162 cm³/mol. The summed E-state index contributed by atoms with van der Waals surface area (Å²) in [5, 5.41) is 49.0. The van der Waals surface area contributed by atoms with Gasteiger partial charge in [-0.15, -0.1) is 0 Å². The summed E-state index contributed by atoms with van der Waals surface area (Å²) in [7, 11) is 3.10. The van der Waals surface area contributed by atoms with Gasteiger partial charge in [-0.05, 0) is 57.5 Å². The van der Waals surface area contributed by atoms with E-state index in [1.165, 1.54) is 24.2 Å². The van der Waals surface area contributed by atoms with Crippen LogP contribution in [0.2, 0.25) is 0 Å². The summed E-state index contributed by atoms with van der Waals surface area (Å²) in [6.45, 7) is 3.45. The van der Waals surface area contributed by atoms with Gasteiger partial charge in [-0.2, -0.15) is 0 Å². The van der Waals surface area contributed by atoms with Crippen molar-refractivity contribution in [2.45, 2.75) is 70.1 Å². The highest BCUT2D eigenvalue weighted by Crippen LogP contribution is 2.53. The van der Waals surface area contributed by atoms with Crippen molar-refractivity contribution in [3.8, 4) is 5.75 Å². The molecule has 10 nitrogen and oxygen atoms in total. The molecule has 2 aromatic rings. The first-order valence-corrected chi connectivity index (χ1v) is 15.2. The number of nitrogens with two attached hydrogens (primary N) is 1. The topological polar surface area (TPSA) is 173 Å². The smallest absolute Gasteiger partial charge is 0.255 e. The molecule has 0 bridgehead atoms. The molecule has 0 saturated heterocycles. The Morgan fingerprint density at radius 1 is 1.11 bits per heavy atom. The molecule has 0 unspecified atom stereocenters. The molecule has 44 heavy (non-hydrogen) atoms. The van der Waals surface area contributed by atoms with Crippen LogP contribution in [0.3, 0.4) is 0 Å². The molecule has 0 heterocycles. The molecule has 0 radical (unpaired) electrons. The number of carbonyl (C=O) groups is 3. The molecule has 4 atom stereocenters. The first-order valence-electron chi connectivity index (χ1n) is 15.2. The number of amides is 1. The van der Waals surface area contributed by atoms with Gasteiger partial charge in [-0.3, -0.25) is 19.3 Å². The fraction of sp³-hybridized carbons (Fsp3) is 0.485. The fourth-order valence-corrected chi connectivity index (χ4v) is 7.31. The van der Waals surface area contributed by atoms with Gasteiger partial charge in [0.1, 0.15) is 28.7 Å². The van der Waals surface area contributed by atoms with Crippen molar-refractivity contribution in [3.05, 3.63) is 63.4 Å². The number of rotatable bonds is 10. The fourth-order valence-electron chi connectivity index (χ4n) is 7.31. The zero-order valence-electron chi connectivity index (χ0n) is 25.2. The number of phenolic OH excluding ortho intramolecular Hbond substituents is 1. The number of nitrogens with zero attached hydrogens (tertiary/aromatic N) is 1. The van der Waals surface area contributed by atoms with E-state index in [0.29, 0.717) is 6.54 Å². The first kappa shape index (κ1) is 31.6. The summed E-state index contributed by atoms with van der Waals surface area (Å²) in [6, 6.07) is 3.85. The van der Waals surface area contributed by atoms with E-state index >= 15 is 4.39 Å². The minimum Gasteiger partial charge on any atom is -0.510 e. The average molecular weight is 610 g/mol. The highest BCUT2D eigenvalue weighted by molar-refractivity contribution is 6.25. The van der Waals surface area contributed by atoms with E-state index in [1.807, 2.05) is 0 Å². The second-order valence-electron chi connectivity index (χ2n) is 12.5. The number of aliphatic hydroxyl groups excluding tert-OH is 2. The van der Waals surface area contributed by atoms with Gasteiger partial charge in [0.15, 0.2) is 11.4 Å². The minimum atomic E-state index is -2.75. The number of fused-ring (bicyclic) bond motifs is 4. The molecule has 2 aromatic carbocycles. The van der Waals surface area contributed by atoms with E-state index < -0.39 is 69.6 Å². The number of hydrogen-bond donors (Lipinski definition) is 6. The lowest BCUT2D eigenvalue weighted by Gasteiger charge is -2.50. The third kappa shape index (κ3) is 4.87. The summed E-state index contributed by atoms with van der Waals surface area (Å²) >= 11 is 0. The lowest BCUT2D eigenvalue weighted by Crippen LogP contribution is -2.63. The SMILES string of the molecule is CCCCCCCNCc1ccc2c(F)c3c(c(O)c2c1)C(=O)C1=C(O)[C@]2(O)C(=O)C(C(N)=O)=C(O)[C@@H](N(C)C)[C@@H]2C[C@@H]1C3. The lowest BCUT2D eigenvalue weighted by molar-refractivity contribution is -0.148. The molecule has 7 N–H and O–H groups in total. The minimum absolute atomic E-state index is 0.0222. The number of aromatic hydroxyl groups is 1. The number of nitrogens with one attached hydrogen (secondary N) is 1. The lowest BCUT2D eigenvalue weighted by atomic mass is 9.58. The Balaban J connectivity index is 1.54. The number of phenols is 1. The number of aliphatic hydroxyl groups is 3. The maximum absolute atomic E-state index is 16.1. The predicted octanol–water partition coefficient (Wildman–Crippen LogP) is 3.47. The van der Waals surface area contributed by atoms with Crippen molar-refractivity contribution in [3.63, 3.8) is 0 Å². The molecule has 3 aliphatic carbocycles. The van der Waals surface area contributed by atoms with Crippen molar-refractivity contribution in [1.82, 2.24) is 10.2 Å². The number of hydrogen-bond acceptors (Lipinski definition) is 9. The molecule has 236 valence electrons. The van der Waals surface area contributed by atoms with Crippen molar-refractivity contribution in [1.29, 1.82) is 0 Å². The summed E-state index contributed by atoms with van der Waals surface area (Å²) < 4.78 is 16.1. The Kier molecular flexibility index (Phi) is 8.58. The Hall–Kier alpha value is -3.80. The van der Waals surface area contributed by atoms with Crippen LogP contribution >= 0.6 is 0 Å². The van der Waals surface area contributed by atoms with Crippen molar-refractivity contribution < 1.29 is 39.2 Å². The summed E-state index contributed by atoms with van der Waals surface area (Å²) in [4.78, 5) is 41.0. The second kappa shape index (κ2) is 11.9. The average Bonchev–Trinajstić information content (AvgIpc) is 2.96. The molecular weight excluding hydrogens is 569 g/mol. The van der Waals surface area contributed by atoms with Gasteiger partial charge < -0.3 is 31.5 Å². The molecule has 0 saturated carbocycles. The molecule has 3 aliphatic rings. The maximum Gasteiger partial charge on any atom is 0.255 e. The standard InChI is InChI=1S/C33H40FN3O7/c1-4-5-6-7-8-11-36-15-16-9-10-18-19(12-16)27(38)23-20(25(18)34)13-17-14-21-26(37(2)3)29(40)24(32(35)43)31(42)33(21,44)30(41)22(17)28(23)39/h9-10,12,17,21,26,36,38,40-41,44H,4-8,11,13-15H2,1-3H3,(H2,35,43)/t17-,21-,26-,33-/m0/s1. The number of carbonyl (C=O) groups excluding carboxylic acids is 3. The van der Waals surface area contributed by atoms with Crippen LogP contribution in [0.1, 0.15) is 66.9 Å². The van der Waals surface area contributed by atoms with E-state index in [4.69, 9.17) is 5.73 Å². The highest BCUT2D eigenvalue weighted by atomic mass is 19.1. The third-order valence-electron chi connectivity index (χ3n) is 9.48. The second-order valence-corrected chi connectivity index (χ2v) is 12.5. The van der Waals surface area contributed by atoms with Gasteiger partial charge in [-0.1, -0.05) is 44.7 Å². The summed E-state index contributed by atoms with van der Waals surface area (Å²) in [6.07, 6.45) is 5.50. The van der Waals surface area contributed by atoms with Crippen LogP contribution in [0.15, 0.2) is 40.9 Å².